The van der Waals surface area contributed by atoms with Gasteiger partial charge in [-0.1, -0.05) is 6.92 Å². The average molecular weight is 159 g/mol. The molecule has 3 heteroatoms. The van der Waals surface area contributed by atoms with Crippen molar-refractivity contribution in [1.29, 1.82) is 0 Å². The fourth-order valence-electron chi connectivity index (χ4n) is 0.488. The summed E-state index contributed by atoms with van der Waals surface area (Å²) in [7, 11) is 0. The molecule has 0 heterocycles. The minimum absolute atomic E-state index is 0.148. The Morgan fingerprint density at radius 2 is 2.09 bits per heavy atom. The molecule has 0 aliphatic heterocycles. The molecule has 1 N–H and O–H groups in total. The molecule has 0 saturated heterocycles. The van der Waals surface area contributed by atoms with E-state index in [2.05, 4.69) is 6.92 Å². The second kappa shape index (κ2) is 3.72. The maximum absolute atomic E-state index is 10.9. The highest BCUT2D eigenvalue weighted by atomic mass is 16.6. The van der Waals surface area contributed by atoms with E-state index in [4.69, 9.17) is 9.84 Å². The lowest BCUT2D eigenvalue weighted by molar-refractivity contribution is -0.164. The number of aliphatic hydroxyl groups is 1. The number of aliphatic hydroxyl groups excluding tert-OH is 1. The van der Waals surface area contributed by atoms with Crippen LogP contribution in [0, 0.1) is 6.92 Å². The minimum atomic E-state index is -1.09. The Labute approximate surface area is 67.4 Å². The summed E-state index contributed by atoms with van der Waals surface area (Å²) in [5.74, 6) is -0.604. The normalized spacial score (nSPS) is 14.3. The lowest BCUT2D eigenvalue weighted by Gasteiger charge is -2.20. The molecule has 0 aliphatic rings. The Bertz CT molecular complexity index is 135. The first-order chi connectivity index (χ1) is 4.87. The van der Waals surface area contributed by atoms with Gasteiger partial charge in [0.2, 0.25) is 0 Å². The Hall–Kier alpha value is -0.570. The van der Waals surface area contributed by atoms with Gasteiger partial charge >= 0.3 is 5.97 Å². The molecular formula is C8H15O3. The van der Waals surface area contributed by atoms with Gasteiger partial charge in [0.25, 0.3) is 0 Å². The van der Waals surface area contributed by atoms with Crippen molar-refractivity contribution in [1.82, 2.24) is 0 Å². The average Bonchev–Trinajstić information content (AvgIpc) is 1.82. The molecule has 3 nitrogen and oxygen atoms in total. The molecule has 1 radical (unpaired) electrons. The van der Waals surface area contributed by atoms with E-state index in [1.807, 2.05) is 0 Å². The molecule has 0 amide bonds. The van der Waals surface area contributed by atoms with Crippen molar-refractivity contribution < 1.29 is 14.6 Å². The molecular weight excluding hydrogens is 144 g/mol. The molecule has 0 spiro atoms. The van der Waals surface area contributed by atoms with Crippen LogP contribution in [0.15, 0.2) is 0 Å². The van der Waals surface area contributed by atoms with Crippen molar-refractivity contribution in [2.24, 2.45) is 0 Å². The SMILES string of the molecule is [CH2]CC(O)C(=O)OC(C)(C)C. The van der Waals surface area contributed by atoms with E-state index >= 15 is 0 Å². The first-order valence-corrected chi connectivity index (χ1v) is 3.57. The number of ether oxygens (including phenoxy) is 1. The fraction of sp³-hybridized carbons (Fsp3) is 0.750. The van der Waals surface area contributed by atoms with Crippen LogP contribution in [0.4, 0.5) is 0 Å². The first-order valence-electron chi connectivity index (χ1n) is 3.57. The van der Waals surface area contributed by atoms with E-state index in [0.29, 0.717) is 0 Å². The molecule has 0 fully saturated rings. The van der Waals surface area contributed by atoms with Crippen molar-refractivity contribution in [2.45, 2.75) is 38.9 Å². The van der Waals surface area contributed by atoms with Gasteiger partial charge in [-0.25, -0.2) is 4.79 Å². The van der Waals surface area contributed by atoms with Crippen LogP contribution in [-0.2, 0) is 9.53 Å². The third kappa shape index (κ3) is 4.79. The second-order valence-electron chi connectivity index (χ2n) is 3.34. The predicted molar refractivity (Wildman–Crippen MR) is 41.8 cm³/mol. The largest absolute Gasteiger partial charge is 0.458 e. The van der Waals surface area contributed by atoms with Crippen LogP contribution in [0.2, 0.25) is 0 Å². The Kier molecular flexibility index (Phi) is 3.52. The summed E-state index contributed by atoms with van der Waals surface area (Å²) in [5, 5.41) is 8.95. The smallest absolute Gasteiger partial charge is 0.335 e. The molecule has 0 saturated carbocycles. The maximum atomic E-state index is 10.9. The van der Waals surface area contributed by atoms with E-state index in [-0.39, 0.29) is 6.42 Å². The van der Waals surface area contributed by atoms with Gasteiger partial charge in [0, 0.05) is 0 Å². The van der Waals surface area contributed by atoms with Gasteiger partial charge in [-0.15, -0.1) is 0 Å². The minimum Gasteiger partial charge on any atom is -0.458 e. The molecule has 65 valence electrons. The highest BCUT2D eigenvalue weighted by Crippen LogP contribution is 2.08. The summed E-state index contributed by atoms with van der Waals surface area (Å²) in [4.78, 5) is 10.9. The van der Waals surface area contributed by atoms with E-state index in [1.54, 1.807) is 20.8 Å². The zero-order valence-electron chi connectivity index (χ0n) is 7.26. The molecule has 1 unspecified atom stereocenters. The summed E-state index contributed by atoms with van der Waals surface area (Å²) in [6.45, 7) is 8.64. The lowest BCUT2D eigenvalue weighted by Crippen LogP contribution is -2.31. The van der Waals surface area contributed by atoms with Crippen molar-refractivity contribution in [3.63, 3.8) is 0 Å². The quantitative estimate of drug-likeness (QED) is 0.609. The standard InChI is InChI=1S/C8H15O3/c1-5-6(9)7(10)11-8(2,3)4/h6,9H,1,5H2,2-4H3. The molecule has 0 aromatic heterocycles. The number of hydrogen-bond acceptors (Lipinski definition) is 3. The lowest BCUT2D eigenvalue weighted by atomic mass is 10.2. The predicted octanol–water partition coefficient (Wildman–Crippen LogP) is 0.913. The third-order valence-corrected chi connectivity index (χ3v) is 0.952. The second-order valence-corrected chi connectivity index (χ2v) is 3.34. The van der Waals surface area contributed by atoms with Gasteiger partial charge < -0.3 is 9.84 Å². The van der Waals surface area contributed by atoms with E-state index < -0.39 is 17.7 Å². The van der Waals surface area contributed by atoms with Crippen LogP contribution >= 0.6 is 0 Å². The molecule has 0 aromatic carbocycles. The van der Waals surface area contributed by atoms with Gasteiger partial charge in [0.15, 0.2) is 6.10 Å². The Morgan fingerprint density at radius 1 is 1.64 bits per heavy atom. The molecule has 1 atom stereocenters. The van der Waals surface area contributed by atoms with Gasteiger partial charge in [-0.3, -0.25) is 0 Å². The highest BCUT2D eigenvalue weighted by molar-refractivity contribution is 5.74. The van der Waals surface area contributed by atoms with Crippen LogP contribution in [0.1, 0.15) is 27.2 Å². The molecule has 0 aromatic rings. The molecule has 11 heavy (non-hydrogen) atoms. The zero-order valence-corrected chi connectivity index (χ0v) is 7.26. The third-order valence-electron chi connectivity index (χ3n) is 0.952. The summed E-state index contributed by atoms with van der Waals surface area (Å²) >= 11 is 0. The van der Waals surface area contributed by atoms with Crippen molar-refractivity contribution in [3.05, 3.63) is 6.92 Å². The van der Waals surface area contributed by atoms with Gasteiger partial charge in [-0.05, 0) is 27.2 Å². The first kappa shape index (κ1) is 10.4. The van der Waals surface area contributed by atoms with Crippen molar-refractivity contribution in [2.75, 3.05) is 0 Å². The summed E-state index contributed by atoms with van der Waals surface area (Å²) in [6.07, 6.45) is -0.941. The van der Waals surface area contributed by atoms with Crippen LogP contribution in [0.3, 0.4) is 0 Å². The van der Waals surface area contributed by atoms with E-state index in [9.17, 15) is 4.79 Å². The summed E-state index contributed by atoms with van der Waals surface area (Å²) < 4.78 is 4.86. The van der Waals surface area contributed by atoms with Crippen LogP contribution in [0.25, 0.3) is 0 Å². The zero-order chi connectivity index (χ0) is 9.07. The number of carbonyl (C=O) groups excluding carboxylic acids is 1. The molecule has 0 aliphatic carbocycles. The monoisotopic (exact) mass is 159 g/mol. The number of esters is 1. The number of rotatable bonds is 2. The summed E-state index contributed by atoms with van der Waals surface area (Å²) in [5.41, 5.74) is -0.534. The summed E-state index contributed by atoms with van der Waals surface area (Å²) in [6, 6.07) is 0. The van der Waals surface area contributed by atoms with Gasteiger partial charge in [-0.2, -0.15) is 0 Å². The van der Waals surface area contributed by atoms with Crippen molar-refractivity contribution >= 4 is 5.97 Å². The van der Waals surface area contributed by atoms with E-state index in [1.165, 1.54) is 0 Å². The Balaban J connectivity index is 3.88. The van der Waals surface area contributed by atoms with E-state index in [0.717, 1.165) is 0 Å². The molecule has 0 bridgehead atoms. The van der Waals surface area contributed by atoms with Gasteiger partial charge in [0.1, 0.15) is 5.60 Å². The number of hydrogen-bond donors (Lipinski definition) is 1. The van der Waals surface area contributed by atoms with Crippen molar-refractivity contribution in [3.8, 4) is 0 Å². The van der Waals surface area contributed by atoms with Crippen LogP contribution in [-0.4, -0.2) is 22.8 Å². The fourth-order valence-corrected chi connectivity index (χ4v) is 0.488. The number of carbonyl (C=O) groups is 1. The topological polar surface area (TPSA) is 46.5 Å². The van der Waals surface area contributed by atoms with Crippen LogP contribution in [0.5, 0.6) is 0 Å². The Morgan fingerprint density at radius 3 is 2.36 bits per heavy atom. The molecule has 0 rings (SSSR count). The highest BCUT2D eigenvalue weighted by Gasteiger charge is 2.21. The van der Waals surface area contributed by atoms with Gasteiger partial charge in [0.05, 0.1) is 0 Å². The van der Waals surface area contributed by atoms with Crippen LogP contribution < -0.4 is 0 Å². The maximum Gasteiger partial charge on any atom is 0.335 e.